The highest BCUT2D eigenvalue weighted by Gasteiger charge is 2.41. The molecule has 0 aromatic heterocycles. The first-order chi connectivity index (χ1) is 16.0. The van der Waals surface area contributed by atoms with Crippen LogP contribution in [0.2, 0.25) is 0 Å². The molecule has 0 N–H and O–H groups in total. The second kappa shape index (κ2) is 11.0. The van der Waals surface area contributed by atoms with Crippen molar-refractivity contribution in [3.63, 3.8) is 0 Å². The Morgan fingerprint density at radius 2 is 1.67 bits per heavy atom. The van der Waals surface area contributed by atoms with Crippen LogP contribution in [0.15, 0.2) is 102 Å². The summed E-state index contributed by atoms with van der Waals surface area (Å²) in [7, 11) is -2.83. The third-order valence-electron chi connectivity index (χ3n) is 5.66. The van der Waals surface area contributed by atoms with Gasteiger partial charge in [-0.2, -0.15) is 0 Å². The van der Waals surface area contributed by atoms with Crippen molar-refractivity contribution in [2.75, 3.05) is 0 Å². The molecule has 3 atom stereocenters. The molecule has 0 bridgehead atoms. The second-order valence-corrected chi connectivity index (χ2v) is 12.9. The fraction of sp³-hybridized carbons (Fsp3) is 0.259. The number of benzene rings is 2. The molecule has 3 unspecified atom stereocenters. The van der Waals surface area contributed by atoms with E-state index in [1.165, 1.54) is 12.1 Å². The van der Waals surface area contributed by atoms with E-state index in [2.05, 4.69) is 4.44 Å². The molecule has 0 heterocycles. The van der Waals surface area contributed by atoms with E-state index in [0.29, 0.717) is 29.9 Å². The molecule has 0 amide bonds. The Hall–Kier alpha value is -1.99. The molecule has 0 saturated heterocycles. The Kier molecular flexibility index (Phi) is 8.02. The Balaban J connectivity index is 1.94. The first kappa shape index (κ1) is 24.1. The molecule has 6 heteroatoms. The summed E-state index contributed by atoms with van der Waals surface area (Å²) in [5.41, 5.74) is -0.476. The zero-order valence-electron chi connectivity index (χ0n) is 18.8. The van der Waals surface area contributed by atoms with Crippen LogP contribution < -0.4 is 10.6 Å². The van der Waals surface area contributed by atoms with Gasteiger partial charge in [0, 0.05) is 39.2 Å². The number of allylic oxidation sites excluding steroid dienone is 8. The lowest BCUT2D eigenvalue weighted by atomic mass is 10.2. The first-order valence-corrected chi connectivity index (χ1v) is 13.9. The van der Waals surface area contributed by atoms with E-state index in [1.807, 2.05) is 74.5 Å². The highest BCUT2D eigenvalue weighted by Crippen LogP contribution is 2.67. The molecule has 4 rings (SSSR count). The number of hydrogen-bond donors (Lipinski definition) is 0. The average Bonchev–Trinajstić information content (AvgIpc) is 2.82. The van der Waals surface area contributed by atoms with Gasteiger partial charge in [-0.1, -0.05) is 66.8 Å². The summed E-state index contributed by atoms with van der Waals surface area (Å²) < 4.78 is 48.1. The topological polar surface area (TPSA) is 3.24 Å². The average molecular weight is 485 g/mol. The van der Waals surface area contributed by atoms with E-state index in [0.717, 1.165) is 5.30 Å². The number of nitrogens with zero attached hydrogens (tertiary/aromatic N) is 1. The van der Waals surface area contributed by atoms with Gasteiger partial charge in [0.05, 0.1) is 5.66 Å². The lowest BCUT2D eigenvalue weighted by molar-refractivity contribution is 0.544. The normalized spacial score (nSPS) is 20.3. The monoisotopic (exact) mass is 485 g/mol. The Bertz CT molecular complexity index is 1090. The van der Waals surface area contributed by atoms with Crippen LogP contribution in [0.25, 0.3) is 0 Å². The van der Waals surface area contributed by atoms with Gasteiger partial charge in [0.15, 0.2) is 0 Å². The lowest BCUT2D eigenvalue weighted by Gasteiger charge is -2.45. The van der Waals surface area contributed by atoms with Crippen molar-refractivity contribution in [2.45, 2.75) is 44.8 Å². The van der Waals surface area contributed by atoms with Gasteiger partial charge in [-0.15, -0.1) is 0 Å². The van der Waals surface area contributed by atoms with E-state index in [1.54, 1.807) is 12.1 Å². The van der Waals surface area contributed by atoms with Gasteiger partial charge < -0.3 is 0 Å². The van der Waals surface area contributed by atoms with Gasteiger partial charge in [0.1, 0.15) is 17.5 Å². The highest BCUT2D eigenvalue weighted by molar-refractivity contribution is 7.81. The molecule has 2 aliphatic rings. The van der Waals surface area contributed by atoms with Crippen molar-refractivity contribution in [3.8, 4) is 0 Å². The maximum atomic E-state index is 15.3. The van der Waals surface area contributed by atoms with Gasteiger partial charge in [0.2, 0.25) is 0 Å². The third kappa shape index (κ3) is 5.24. The molecule has 33 heavy (non-hydrogen) atoms. The van der Waals surface area contributed by atoms with Crippen molar-refractivity contribution >= 4 is 26.8 Å². The molecule has 2 aliphatic carbocycles. The predicted octanol–water partition coefficient (Wildman–Crippen LogP) is 7.99. The first-order valence-electron chi connectivity index (χ1n) is 11.2. The van der Waals surface area contributed by atoms with Crippen molar-refractivity contribution < 1.29 is 13.2 Å². The fourth-order valence-corrected chi connectivity index (χ4v) is 11.0. The summed E-state index contributed by atoms with van der Waals surface area (Å²) in [5.74, 6) is -0.695. The molecule has 0 spiro atoms. The number of hydrogen-bond acceptors (Lipinski definition) is 1. The minimum atomic E-state index is -1.46. The van der Waals surface area contributed by atoms with Crippen LogP contribution in [0.4, 0.5) is 13.2 Å². The molecule has 0 saturated carbocycles. The van der Waals surface area contributed by atoms with Gasteiger partial charge >= 0.3 is 0 Å². The molecule has 0 aliphatic heterocycles. The third-order valence-corrected chi connectivity index (χ3v) is 12.1. The van der Waals surface area contributed by atoms with Crippen LogP contribution in [0.1, 0.15) is 33.1 Å². The van der Waals surface area contributed by atoms with Crippen LogP contribution >= 0.6 is 16.1 Å². The number of halogens is 3. The molecule has 0 fully saturated rings. The molecule has 2 aromatic rings. The number of rotatable bonds is 7. The fourth-order valence-electron chi connectivity index (χ4n) is 4.19. The maximum absolute atomic E-state index is 15.3. The van der Waals surface area contributed by atoms with Crippen LogP contribution in [-0.4, -0.2) is 16.1 Å². The minimum absolute atomic E-state index is 0.0589. The Morgan fingerprint density at radius 3 is 2.33 bits per heavy atom. The van der Waals surface area contributed by atoms with Crippen molar-refractivity contribution in [3.05, 3.63) is 108 Å². The summed E-state index contributed by atoms with van der Waals surface area (Å²) in [6, 6.07) is 16.5. The molecular formula is C27H28F3NP2. The summed E-state index contributed by atoms with van der Waals surface area (Å²) >= 11 is 0. The van der Waals surface area contributed by atoms with Crippen molar-refractivity contribution in [1.29, 1.82) is 0 Å². The van der Waals surface area contributed by atoms with E-state index in [9.17, 15) is 0 Å². The summed E-state index contributed by atoms with van der Waals surface area (Å²) in [5, 5.41) is 2.13. The highest BCUT2D eigenvalue weighted by atomic mass is 31.2. The Morgan fingerprint density at radius 1 is 0.939 bits per heavy atom. The summed E-state index contributed by atoms with van der Waals surface area (Å²) in [6.07, 6.45) is 10.4. The molecule has 172 valence electrons. The van der Waals surface area contributed by atoms with E-state index in [4.69, 9.17) is 0 Å². The van der Waals surface area contributed by atoms with E-state index < -0.39 is 21.8 Å². The zero-order valence-corrected chi connectivity index (χ0v) is 20.6. The quantitative estimate of drug-likeness (QED) is 0.359. The van der Waals surface area contributed by atoms with Gasteiger partial charge in [-0.25, -0.2) is 17.6 Å². The molecule has 2 aromatic carbocycles. The largest absolute Gasteiger partial charge is 0.245 e. The SMILES string of the molecule is CC(C)N(P(c1ccccc1)c1ccccc1F)P(C1=C(F)CCC=C1)C1CC=CC=C1F. The predicted molar refractivity (Wildman–Crippen MR) is 136 cm³/mol. The van der Waals surface area contributed by atoms with E-state index >= 15 is 13.2 Å². The smallest absolute Gasteiger partial charge is 0.132 e. The van der Waals surface area contributed by atoms with E-state index in [-0.39, 0.29) is 23.5 Å². The maximum Gasteiger partial charge on any atom is 0.132 e. The molecule has 0 radical (unpaired) electrons. The second-order valence-electron chi connectivity index (χ2n) is 8.32. The standard InChI is InChI=1S/C27H28F3NP2/c1-20(2)31(32(21-12-4-3-5-13-21)25-17-9-6-14-22(25)28)33(26-18-10-7-15-23(26)29)27-19-11-8-16-24(27)30/h3-7,9-15,17,19-20,26H,8,16,18H2,1-2H3. The van der Waals surface area contributed by atoms with Gasteiger partial charge in [-0.3, -0.25) is 0 Å². The molecule has 1 nitrogen and oxygen atoms in total. The zero-order chi connectivity index (χ0) is 23.4. The van der Waals surface area contributed by atoms with Crippen LogP contribution in [0.3, 0.4) is 0 Å². The van der Waals surface area contributed by atoms with Crippen LogP contribution in [0, 0.1) is 5.82 Å². The van der Waals surface area contributed by atoms with Crippen LogP contribution in [-0.2, 0) is 0 Å². The molecular weight excluding hydrogens is 457 g/mol. The van der Waals surface area contributed by atoms with Crippen LogP contribution in [0.5, 0.6) is 0 Å². The lowest BCUT2D eigenvalue weighted by Crippen LogP contribution is -2.34. The summed E-state index contributed by atoms with van der Waals surface area (Å²) in [6.45, 7) is 4.08. The Labute approximate surface area is 197 Å². The minimum Gasteiger partial charge on any atom is -0.245 e. The van der Waals surface area contributed by atoms with Gasteiger partial charge in [-0.05, 0) is 50.2 Å². The summed E-state index contributed by atoms with van der Waals surface area (Å²) in [4.78, 5) is 0. The van der Waals surface area contributed by atoms with Crippen molar-refractivity contribution in [2.24, 2.45) is 0 Å². The van der Waals surface area contributed by atoms with Gasteiger partial charge in [0.25, 0.3) is 0 Å². The van der Waals surface area contributed by atoms with Crippen molar-refractivity contribution in [1.82, 2.24) is 4.44 Å².